The van der Waals surface area contributed by atoms with Crippen LogP contribution in [0.25, 0.3) is 0 Å². The molecule has 0 fully saturated rings. The van der Waals surface area contributed by atoms with Gasteiger partial charge in [0.25, 0.3) is 5.91 Å². The Balaban J connectivity index is 2.04. The minimum absolute atomic E-state index is 0.00108. The minimum Gasteiger partial charge on any atom is -0.296 e. The van der Waals surface area contributed by atoms with Crippen LogP contribution in [0.15, 0.2) is 28.6 Å². The predicted octanol–water partition coefficient (Wildman–Crippen LogP) is 3.82. The van der Waals surface area contributed by atoms with E-state index in [4.69, 9.17) is 0 Å². The smallest absolute Gasteiger partial charge is 0.260 e. The average molecular weight is 311 g/mol. The van der Waals surface area contributed by atoms with Crippen LogP contribution in [-0.2, 0) is 0 Å². The first kappa shape index (κ1) is 14.9. The molecule has 1 aromatic heterocycles. The normalized spacial score (nSPS) is 12.2. The van der Waals surface area contributed by atoms with Gasteiger partial charge < -0.3 is 0 Å². The van der Waals surface area contributed by atoms with Gasteiger partial charge in [-0.2, -0.15) is 0 Å². The Morgan fingerprint density at radius 2 is 2.20 bits per heavy atom. The maximum Gasteiger partial charge on any atom is 0.260 e. The van der Waals surface area contributed by atoms with Gasteiger partial charge in [-0.15, -0.1) is 10.2 Å². The zero-order chi connectivity index (χ0) is 14.5. The highest BCUT2D eigenvalue weighted by Crippen LogP contribution is 2.30. The maximum atomic E-state index is 13.5. The molecule has 0 aliphatic rings. The molecule has 4 nitrogen and oxygen atoms in total. The molecule has 2 rings (SSSR count). The fraction of sp³-hybridized carbons (Fsp3) is 0.308. The van der Waals surface area contributed by atoms with Crippen molar-refractivity contribution in [2.45, 2.75) is 29.9 Å². The van der Waals surface area contributed by atoms with Crippen LogP contribution in [0.2, 0.25) is 0 Å². The van der Waals surface area contributed by atoms with Crippen molar-refractivity contribution in [1.29, 1.82) is 0 Å². The molecular formula is C13H14FN3OS2. The lowest BCUT2D eigenvalue weighted by Crippen LogP contribution is -2.13. The van der Waals surface area contributed by atoms with E-state index in [1.807, 2.05) is 0 Å². The highest BCUT2D eigenvalue weighted by atomic mass is 32.2. The van der Waals surface area contributed by atoms with E-state index in [1.165, 1.54) is 29.5 Å². The van der Waals surface area contributed by atoms with Gasteiger partial charge in [-0.3, -0.25) is 10.1 Å². The number of halogens is 1. The summed E-state index contributed by atoms with van der Waals surface area (Å²) in [6.07, 6.45) is 1.03. The Labute approximate surface area is 124 Å². The summed E-state index contributed by atoms with van der Waals surface area (Å²) >= 11 is 2.90. The van der Waals surface area contributed by atoms with E-state index < -0.39 is 11.7 Å². The van der Waals surface area contributed by atoms with Gasteiger partial charge in [-0.05, 0) is 18.6 Å². The number of carbonyl (C=O) groups is 1. The molecule has 1 atom stereocenters. The molecule has 0 saturated heterocycles. The number of nitrogens with zero attached hydrogens (tertiary/aromatic N) is 2. The van der Waals surface area contributed by atoms with Crippen LogP contribution in [0.1, 0.15) is 30.6 Å². The molecule has 1 amide bonds. The number of rotatable bonds is 5. The van der Waals surface area contributed by atoms with Gasteiger partial charge in [-0.1, -0.05) is 49.1 Å². The third-order valence-corrected chi connectivity index (χ3v) is 4.81. The Kier molecular flexibility index (Phi) is 5.08. The Morgan fingerprint density at radius 1 is 1.45 bits per heavy atom. The number of hydrogen-bond donors (Lipinski definition) is 1. The van der Waals surface area contributed by atoms with Crippen LogP contribution in [0.4, 0.5) is 9.52 Å². The molecule has 1 aromatic carbocycles. The highest BCUT2D eigenvalue weighted by molar-refractivity contribution is 8.01. The lowest BCUT2D eigenvalue weighted by atomic mass is 10.2. The topological polar surface area (TPSA) is 54.9 Å². The predicted molar refractivity (Wildman–Crippen MR) is 79.9 cm³/mol. The molecule has 1 heterocycles. The van der Waals surface area contributed by atoms with Crippen LogP contribution < -0.4 is 5.32 Å². The number of nitrogens with one attached hydrogen (secondary N) is 1. The highest BCUT2D eigenvalue weighted by Gasteiger charge is 2.14. The number of amides is 1. The van der Waals surface area contributed by atoms with Crippen molar-refractivity contribution in [3.05, 3.63) is 35.6 Å². The Bertz CT molecular complexity index is 603. The Morgan fingerprint density at radius 3 is 2.90 bits per heavy atom. The molecule has 7 heteroatoms. The van der Waals surface area contributed by atoms with Gasteiger partial charge >= 0.3 is 0 Å². The summed E-state index contributed by atoms with van der Waals surface area (Å²) in [7, 11) is 0. The fourth-order valence-electron chi connectivity index (χ4n) is 1.37. The molecule has 0 bridgehead atoms. The van der Waals surface area contributed by atoms with Crippen LogP contribution in [0.3, 0.4) is 0 Å². The minimum atomic E-state index is -0.552. The summed E-state index contributed by atoms with van der Waals surface area (Å²) in [5, 5.41) is 11.3. The number of anilines is 1. The molecule has 0 aliphatic heterocycles. The van der Waals surface area contributed by atoms with E-state index in [0.29, 0.717) is 10.4 Å². The van der Waals surface area contributed by atoms with Gasteiger partial charge in [0.2, 0.25) is 5.13 Å². The second-order valence-corrected chi connectivity index (χ2v) is 6.81. The van der Waals surface area contributed by atoms with Gasteiger partial charge in [0.05, 0.1) is 5.56 Å². The number of aromatic nitrogens is 2. The quantitative estimate of drug-likeness (QED) is 0.673. The van der Waals surface area contributed by atoms with Crippen LogP contribution >= 0.6 is 23.1 Å². The van der Waals surface area contributed by atoms with Crippen molar-refractivity contribution in [2.75, 3.05) is 5.32 Å². The van der Waals surface area contributed by atoms with Gasteiger partial charge in [-0.25, -0.2) is 4.39 Å². The molecule has 1 N–H and O–H groups in total. The van der Waals surface area contributed by atoms with Gasteiger partial charge in [0.15, 0.2) is 4.34 Å². The first-order valence-electron chi connectivity index (χ1n) is 6.16. The number of carbonyl (C=O) groups excluding carboxylic acids is 1. The zero-order valence-corrected chi connectivity index (χ0v) is 12.7. The molecule has 0 radical (unpaired) electrons. The molecule has 0 aliphatic carbocycles. The summed E-state index contributed by atoms with van der Waals surface area (Å²) in [4.78, 5) is 11.9. The summed E-state index contributed by atoms with van der Waals surface area (Å²) in [6, 6.07) is 5.83. The lowest BCUT2D eigenvalue weighted by Gasteiger charge is -2.03. The van der Waals surface area contributed by atoms with Gasteiger partial charge in [0.1, 0.15) is 5.82 Å². The summed E-state index contributed by atoms with van der Waals surface area (Å²) in [6.45, 7) is 4.20. The Hall–Kier alpha value is -1.47. The first-order chi connectivity index (χ1) is 9.60. The standard InChI is InChI=1S/C13H14FN3OS2/c1-3-8(2)19-13-17-16-12(20-13)15-11(18)9-6-4-5-7-10(9)14/h4-8H,3H2,1-2H3,(H,15,16,18). The van der Waals surface area contributed by atoms with Crippen LogP contribution in [0, 0.1) is 5.82 Å². The van der Waals surface area contributed by atoms with Crippen molar-refractivity contribution in [3.8, 4) is 0 Å². The van der Waals surface area contributed by atoms with E-state index >= 15 is 0 Å². The lowest BCUT2D eigenvalue weighted by molar-refractivity contribution is 0.102. The molecule has 106 valence electrons. The van der Waals surface area contributed by atoms with Crippen molar-refractivity contribution in [2.24, 2.45) is 0 Å². The second-order valence-electron chi connectivity index (χ2n) is 4.14. The largest absolute Gasteiger partial charge is 0.296 e. The summed E-state index contributed by atoms with van der Waals surface area (Å²) < 4.78 is 14.3. The third-order valence-electron chi connectivity index (χ3n) is 2.62. The van der Waals surface area contributed by atoms with E-state index in [0.717, 1.165) is 10.8 Å². The number of benzene rings is 1. The summed E-state index contributed by atoms with van der Waals surface area (Å²) in [5.41, 5.74) is -0.00108. The SMILES string of the molecule is CCC(C)Sc1nnc(NC(=O)c2ccccc2F)s1. The van der Waals surface area contributed by atoms with Crippen molar-refractivity contribution in [1.82, 2.24) is 10.2 Å². The van der Waals surface area contributed by atoms with Crippen LogP contribution in [-0.4, -0.2) is 21.4 Å². The van der Waals surface area contributed by atoms with Crippen LogP contribution in [0.5, 0.6) is 0 Å². The summed E-state index contributed by atoms with van der Waals surface area (Å²) in [5.74, 6) is -1.07. The molecule has 1 unspecified atom stereocenters. The van der Waals surface area contributed by atoms with E-state index in [2.05, 4.69) is 29.4 Å². The van der Waals surface area contributed by atoms with Gasteiger partial charge in [0, 0.05) is 5.25 Å². The first-order valence-corrected chi connectivity index (χ1v) is 7.85. The van der Waals surface area contributed by atoms with E-state index in [1.54, 1.807) is 17.8 Å². The maximum absolute atomic E-state index is 13.5. The molecule has 0 spiro atoms. The van der Waals surface area contributed by atoms with Crippen molar-refractivity contribution in [3.63, 3.8) is 0 Å². The molecule has 2 aromatic rings. The monoisotopic (exact) mass is 311 g/mol. The zero-order valence-electron chi connectivity index (χ0n) is 11.1. The number of hydrogen-bond acceptors (Lipinski definition) is 5. The van der Waals surface area contributed by atoms with Crippen molar-refractivity contribution < 1.29 is 9.18 Å². The average Bonchev–Trinajstić information content (AvgIpc) is 2.86. The molecule has 20 heavy (non-hydrogen) atoms. The van der Waals surface area contributed by atoms with E-state index in [9.17, 15) is 9.18 Å². The fourth-order valence-corrected chi connectivity index (χ4v) is 3.37. The van der Waals surface area contributed by atoms with Crippen molar-refractivity contribution >= 4 is 34.1 Å². The number of thioether (sulfide) groups is 1. The molecular weight excluding hydrogens is 297 g/mol. The van der Waals surface area contributed by atoms with E-state index in [-0.39, 0.29) is 5.56 Å². The second kappa shape index (κ2) is 6.81. The molecule has 0 saturated carbocycles. The third kappa shape index (κ3) is 3.77.